The van der Waals surface area contributed by atoms with Crippen molar-refractivity contribution in [1.29, 1.82) is 0 Å². The summed E-state index contributed by atoms with van der Waals surface area (Å²) >= 11 is 1.57. The van der Waals surface area contributed by atoms with Crippen LogP contribution in [0.5, 0.6) is 0 Å². The van der Waals surface area contributed by atoms with Crippen LogP contribution < -0.4 is 5.32 Å². The summed E-state index contributed by atoms with van der Waals surface area (Å²) in [5.74, 6) is 0.305. The van der Waals surface area contributed by atoms with Crippen molar-refractivity contribution < 1.29 is 14.3 Å². The number of nitrogens with one attached hydrogen (secondary N) is 1. The van der Waals surface area contributed by atoms with E-state index in [4.69, 9.17) is 4.74 Å². The maximum absolute atomic E-state index is 12.3. The molecule has 130 valence electrons. The van der Waals surface area contributed by atoms with Crippen molar-refractivity contribution in [2.24, 2.45) is 5.41 Å². The largest absolute Gasteiger partial charge is 0.453 e. The average Bonchev–Trinajstić information content (AvgIpc) is 2.90. The van der Waals surface area contributed by atoms with Crippen LogP contribution in [0.1, 0.15) is 42.8 Å². The van der Waals surface area contributed by atoms with Crippen LogP contribution in [0.15, 0.2) is 53.4 Å². The second-order valence-electron chi connectivity index (χ2n) is 6.99. The molecule has 0 aromatic heterocycles. The molecule has 3 rings (SSSR count). The van der Waals surface area contributed by atoms with E-state index < -0.39 is 5.41 Å². The van der Waals surface area contributed by atoms with E-state index in [0.29, 0.717) is 11.3 Å². The third-order valence-electron chi connectivity index (χ3n) is 3.98. The minimum Gasteiger partial charge on any atom is -0.453 e. The highest BCUT2D eigenvalue weighted by molar-refractivity contribution is 7.99. The molecule has 1 aliphatic rings. The number of cyclic esters (lactones) is 1. The van der Waals surface area contributed by atoms with Crippen LogP contribution in [-0.2, 0) is 9.53 Å². The SMILES string of the molecule is CC(C)(C)C(=O)Nc1ccccc1SCC1OC(=O)c2ccccc21. The number of ether oxygens (including phenoxy) is 1. The molecule has 0 saturated carbocycles. The lowest BCUT2D eigenvalue weighted by atomic mass is 9.95. The maximum Gasteiger partial charge on any atom is 0.339 e. The number of hydrogen-bond acceptors (Lipinski definition) is 4. The Balaban J connectivity index is 1.73. The third-order valence-corrected chi connectivity index (χ3v) is 5.12. The second kappa shape index (κ2) is 6.92. The zero-order chi connectivity index (χ0) is 18.0. The van der Waals surface area contributed by atoms with Crippen LogP contribution in [0.25, 0.3) is 0 Å². The lowest BCUT2D eigenvalue weighted by molar-refractivity contribution is -0.123. The van der Waals surface area contributed by atoms with E-state index in [0.717, 1.165) is 16.1 Å². The summed E-state index contributed by atoms with van der Waals surface area (Å²) in [6.45, 7) is 5.65. The molecule has 25 heavy (non-hydrogen) atoms. The highest BCUT2D eigenvalue weighted by Crippen LogP contribution is 2.37. The molecule has 0 fully saturated rings. The zero-order valence-electron chi connectivity index (χ0n) is 14.5. The van der Waals surface area contributed by atoms with Gasteiger partial charge in [0.15, 0.2) is 0 Å². The minimum atomic E-state index is -0.461. The van der Waals surface area contributed by atoms with E-state index in [-0.39, 0.29) is 18.0 Å². The van der Waals surface area contributed by atoms with Gasteiger partial charge in [-0.15, -0.1) is 11.8 Å². The van der Waals surface area contributed by atoms with Gasteiger partial charge in [-0.25, -0.2) is 4.79 Å². The first-order valence-electron chi connectivity index (χ1n) is 8.19. The summed E-state index contributed by atoms with van der Waals surface area (Å²) in [7, 11) is 0. The first-order chi connectivity index (χ1) is 11.9. The van der Waals surface area contributed by atoms with E-state index in [1.807, 2.05) is 63.2 Å². The van der Waals surface area contributed by atoms with Crippen molar-refractivity contribution in [3.8, 4) is 0 Å². The Kier molecular flexibility index (Phi) is 4.86. The topological polar surface area (TPSA) is 55.4 Å². The molecule has 2 aromatic carbocycles. The first-order valence-corrected chi connectivity index (χ1v) is 9.18. The van der Waals surface area contributed by atoms with E-state index in [9.17, 15) is 9.59 Å². The predicted molar refractivity (Wildman–Crippen MR) is 99.8 cm³/mol. The Bertz CT molecular complexity index is 811. The molecule has 1 heterocycles. The van der Waals surface area contributed by atoms with Crippen LogP contribution in [0.2, 0.25) is 0 Å². The van der Waals surface area contributed by atoms with Gasteiger partial charge in [-0.05, 0) is 18.2 Å². The molecule has 0 saturated heterocycles. The Morgan fingerprint density at radius 1 is 1.12 bits per heavy atom. The van der Waals surface area contributed by atoms with Crippen LogP contribution in [0.4, 0.5) is 5.69 Å². The van der Waals surface area contributed by atoms with Gasteiger partial charge in [-0.1, -0.05) is 51.1 Å². The number of rotatable bonds is 4. The molecule has 1 aliphatic heterocycles. The van der Waals surface area contributed by atoms with Gasteiger partial charge in [0, 0.05) is 21.6 Å². The third kappa shape index (κ3) is 3.87. The molecular weight excluding hydrogens is 334 g/mol. The van der Waals surface area contributed by atoms with Crippen LogP contribution in [-0.4, -0.2) is 17.6 Å². The van der Waals surface area contributed by atoms with Crippen molar-refractivity contribution >= 4 is 29.3 Å². The molecule has 1 atom stereocenters. The number of thioether (sulfide) groups is 1. The molecule has 5 heteroatoms. The molecule has 1 unspecified atom stereocenters. The van der Waals surface area contributed by atoms with Crippen LogP contribution >= 0.6 is 11.8 Å². The quantitative estimate of drug-likeness (QED) is 0.639. The molecule has 0 spiro atoms. The van der Waals surface area contributed by atoms with Gasteiger partial charge in [-0.3, -0.25) is 4.79 Å². The lowest BCUT2D eigenvalue weighted by Crippen LogP contribution is -2.27. The summed E-state index contributed by atoms with van der Waals surface area (Å²) in [5, 5.41) is 2.99. The van der Waals surface area contributed by atoms with E-state index in [2.05, 4.69) is 5.32 Å². The summed E-state index contributed by atoms with van der Waals surface area (Å²) in [5.41, 5.74) is 1.89. The number of anilines is 1. The molecule has 0 aliphatic carbocycles. The van der Waals surface area contributed by atoms with Gasteiger partial charge in [0.1, 0.15) is 6.10 Å². The molecular formula is C20H21NO3S. The number of para-hydroxylation sites is 1. The van der Waals surface area contributed by atoms with Gasteiger partial charge < -0.3 is 10.1 Å². The highest BCUT2D eigenvalue weighted by Gasteiger charge is 2.30. The van der Waals surface area contributed by atoms with Gasteiger partial charge >= 0.3 is 5.97 Å². The number of hydrogen-bond donors (Lipinski definition) is 1. The number of carbonyl (C=O) groups is 2. The second-order valence-corrected chi connectivity index (χ2v) is 8.05. The van der Waals surface area contributed by atoms with Gasteiger partial charge in [0.05, 0.1) is 11.3 Å². The number of carbonyl (C=O) groups excluding carboxylic acids is 2. The fourth-order valence-electron chi connectivity index (χ4n) is 2.51. The fraction of sp³-hybridized carbons (Fsp3) is 0.300. The molecule has 2 aromatic rings. The van der Waals surface area contributed by atoms with Crippen molar-refractivity contribution in [3.63, 3.8) is 0 Å². The van der Waals surface area contributed by atoms with E-state index >= 15 is 0 Å². The number of esters is 1. The standard InChI is InChI=1S/C20H21NO3S/c1-20(2,3)19(23)21-15-10-6-7-11-17(15)25-12-16-13-8-4-5-9-14(13)18(22)24-16/h4-11,16H,12H2,1-3H3,(H,21,23). The zero-order valence-corrected chi connectivity index (χ0v) is 15.4. The Hall–Kier alpha value is -2.27. The van der Waals surface area contributed by atoms with E-state index in [1.165, 1.54) is 0 Å². The molecule has 1 amide bonds. The maximum atomic E-state index is 12.3. The minimum absolute atomic E-state index is 0.0295. The fourth-order valence-corrected chi connectivity index (χ4v) is 3.54. The monoisotopic (exact) mass is 355 g/mol. The van der Waals surface area contributed by atoms with Crippen LogP contribution in [0.3, 0.4) is 0 Å². The molecule has 0 bridgehead atoms. The lowest BCUT2D eigenvalue weighted by Gasteiger charge is -2.19. The Labute approximate surface area is 152 Å². The van der Waals surface area contributed by atoms with Crippen molar-refractivity contribution in [3.05, 3.63) is 59.7 Å². The Morgan fingerprint density at radius 3 is 2.56 bits per heavy atom. The highest BCUT2D eigenvalue weighted by atomic mass is 32.2. The van der Waals surface area contributed by atoms with Gasteiger partial charge in [0.25, 0.3) is 0 Å². The van der Waals surface area contributed by atoms with Crippen LogP contribution in [0, 0.1) is 5.41 Å². The van der Waals surface area contributed by atoms with E-state index in [1.54, 1.807) is 17.8 Å². The first kappa shape index (κ1) is 17.5. The van der Waals surface area contributed by atoms with Gasteiger partial charge in [0.2, 0.25) is 5.91 Å². The number of benzene rings is 2. The normalized spacial score (nSPS) is 16.3. The van der Waals surface area contributed by atoms with Gasteiger partial charge in [-0.2, -0.15) is 0 Å². The summed E-state index contributed by atoms with van der Waals surface area (Å²) in [4.78, 5) is 25.1. The summed E-state index contributed by atoms with van der Waals surface area (Å²) in [6.07, 6.45) is -0.264. The van der Waals surface area contributed by atoms with Crippen molar-refractivity contribution in [2.75, 3.05) is 11.1 Å². The van der Waals surface area contributed by atoms with Crippen molar-refractivity contribution in [1.82, 2.24) is 0 Å². The molecule has 4 nitrogen and oxygen atoms in total. The summed E-state index contributed by atoms with van der Waals surface area (Å²) in [6, 6.07) is 15.2. The average molecular weight is 355 g/mol. The van der Waals surface area contributed by atoms with Crippen molar-refractivity contribution in [2.45, 2.75) is 31.8 Å². The predicted octanol–water partition coefficient (Wildman–Crippen LogP) is 4.68. The number of amides is 1. The number of fused-ring (bicyclic) bond motifs is 1. The molecule has 1 N–H and O–H groups in total. The molecule has 0 radical (unpaired) electrons. The Morgan fingerprint density at radius 2 is 1.80 bits per heavy atom. The summed E-state index contributed by atoms with van der Waals surface area (Å²) < 4.78 is 5.48. The smallest absolute Gasteiger partial charge is 0.339 e.